The van der Waals surface area contributed by atoms with Crippen LogP contribution in [0.25, 0.3) is 32.7 Å². The summed E-state index contributed by atoms with van der Waals surface area (Å²) in [5.41, 5.74) is 4.58. The van der Waals surface area contributed by atoms with E-state index in [1.165, 1.54) is 0 Å². The molecule has 0 aromatic heterocycles. The van der Waals surface area contributed by atoms with Crippen molar-refractivity contribution in [2.75, 3.05) is 0 Å². The van der Waals surface area contributed by atoms with Crippen LogP contribution in [0, 0.1) is 13.8 Å². The first-order valence-electron chi connectivity index (χ1n) is 9.62. The van der Waals surface area contributed by atoms with Gasteiger partial charge in [-0.3, -0.25) is 14.9 Å². The molecular formula is C26H19NO2. The Bertz CT molecular complexity index is 1270. The molecule has 29 heavy (non-hydrogen) atoms. The van der Waals surface area contributed by atoms with Gasteiger partial charge in [-0.25, -0.2) is 0 Å². The van der Waals surface area contributed by atoms with Gasteiger partial charge in [0, 0.05) is 0 Å². The molecule has 2 amide bonds. The van der Waals surface area contributed by atoms with Crippen molar-refractivity contribution in [3.05, 3.63) is 95.1 Å². The monoisotopic (exact) mass is 377 g/mol. The van der Waals surface area contributed by atoms with E-state index in [0.29, 0.717) is 11.1 Å². The van der Waals surface area contributed by atoms with Gasteiger partial charge in [-0.2, -0.15) is 0 Å². The van der Waals surface area contributed by atoms with Crippen molar-refractivity contribution < 1.29 is 9.59 Å². The van der Waals surface area contributed by atoms with Crippen molar-refractivity contribution in [3.63, 3.8) is 0 Å². The summed E-state index contributed by atoms with van der Waals surface area (Å²) in [5.74, 6) is -0.684. The van der Waals surface area contributed by atoms with Crippen LogP contribution < -0.4 is 5.32 Å². The largest absolute Gasteiger partial charge is 0.288 e. The van der Waals surface area contributed by atoms with Crippen LogP contribution in [0.3, 0.4) is 0 Å². The molecule has 1 aliphatic rings. The quantitative estimate of drug-likeness (QED) is 0.490. The molecule has 0 saturated carbocycles. The Morgan fingerprint density at radius 2 is 1.00 bits per heavy atom. The third-order valence-corrected chi connectivity index (χ3v) is 5.65. The van der Waals surface area contributed by atoms with E-state index in [4.69, 9.17) is 0 Å². The molecule has 1 aliphatic heterocycles. The van der Waals surface area contributed by atoms with Crippen molar-refractivity contribution in [2.24, 2.45) is 0 Å². The lowest BCUT2D eigenvalue weighted by molar-refractivity contribution is -0.122. The highest BCUT2D eigenvalue weighted by atomic mass is 16.2. The molecule has 0 saturated heterocycles. The topological polar surface area (TPSA) is 46.2 Å². The summed E-state index contributed by atoms with van der Waals surface area (Å²) in [5, 5.41) is 6.89. The van der Waals surface area contributed by atoms with Crippen LogP contribution in [0.2, 0.25) is 0 Å². The second-order valence-corrected chi connectivity index (χ2v) is 7.56. The number of imide groups is 1. The smallest absolute Gasteiger partial charge is 0.259 e. The minimum atomic E-state index is -0.342. The minimum Gasteiger partial charge on any atom is -0.288 e. The Morgan fingerprint density at radius 1 is 0.586 bits per heavy atom. The fourth-order valence-corrected chi connectivity index (χ4v) is 4.30. The predicted molar refractivity (Wildman–Crippen MR) is 117 cm³/mol. The molecule has 3 heteroatoms. The number of carbonyl (C=O) groups is 2. The molecule has 4 aromatic carbocycles. The second kappa shape index (κ2) is 6.42. The zero-order valence-corrected chi connectivity index (χ0v) is 16.2. The molecular weight excluding hydrogens is 358 g/mol. The maximum Gasteiger partial charge on any atom is 0.259 e. The van der Waals surface area contributed by atoms with Crippen LogP contribution in [0.4, 0.5) is 0 Å². The zero-order chi connectivity index (χ0) is 20.1. The number of benzene rings is 4. The zero-order valence-electron chi connectivity index (χ0n) is 16.2. The number of amides is 2. The summed E-state index contributed by atoms with van der Waals surface area (Å²) in [4.78, 5) is 25.5. The third kappa shape index (κ3) is 2.74. The Labute approximate surface area is 168 Å². The Balaban J connectivity index is 1.80. The fraction of sp³-hybridized carbons (Fsp3) is 0.0769. The Kier molecular flexibility index (Phi) is 3.85. The maximum atomic E-state index is 12.8. The summed E-state index contributed by atoms with van der Waals surface area (Å²) in [6, 6.07) is 24.1. The van der Waals surface area contributed by atoms with E-state index in [1.54, 1.807) is 0 Å². The summed E-state index contributed by atoms with van der Waals surface area (Å²) >= 11 is 0. The van der Waals surface area contributed by atoms with Crippen LogP contribution in [-0.4, -0.2) is 11.8 Å². The number of fused-ring (bicyclic) bond motifs is 2. The first kappa shape index (κ1) is 17.4. The molecule has 1 heterocycles. The fourth-order valence-electron chi connectivity index (χ4n) is 4.30. The summed E-state index contributed by atoms with van der Waals surface area (Å²) in [6.45, 7) is 4.06. The number of hydrogen-bond acceptors (Lipinski definition) is 2. The molecule has 0 atom stereocenters. The normalized spacial score (nSPS) is 14.1. The number of hydrogen-bond donors (Lipinski definition) is 1. The van der Waals surface area contributed by atoms with Crippen LogP contribution in [0.5, 0.6) is 0 Å². The molecule has 1 N–H and O–H groups in total. The van der Waals surface area contributed by atoms with Gasteiger partial charge in [-0.1, -0.05) is 60.7 Å². The molecule has 140 valence electrons. The van der Waals surface area contributed by atoms with E-state index in [9.17, 15) is 9.59 Å². The van der Waals surface area contributed by atoms with E-state index >= 15 is 0 Å². The summed E-state index contributed by atoms with van der Waals surface area (Å²) < 4.78 is 0. The molecule has 0 unspecified atom stereocenters. The third-order valence-electron chi connectivity index (χ3n) is 5.65. The Hall–Kier alpha value is -3.72. The van der Waals surface area contributed by atoms with E-state index in [0.717, 1.165) is 43.8 Å². The Morgan fingerprint density at radius 3 is 1.45 bits per heavy atom. The van der Waals surface area contributed by atoms with Gasteiger partial charge in [0.25, 0.3) is 11.8 Å². The van der Waals surface area contributed by atoms with Gasteiger partial charge < -0.3 is 0 Å². The molecule has 4 aromatic rings. The number of nitrogens with one attached hydrogen (secondary N) is 1. The lowest BCUT2D eigenvalue weighted by Gasteiger charge is -2.11. The molecule has 0 spiro atoms. The van der Waals surface area contributed by atoms with Crippen LogP contribution in [-0.2, 0) is 9.59 Å². The summed E-state index contributed by atoms with van der Waals surface area (Å²) in [6.07, 6.45) is 0. The predicted octanol–water partition coefficient (Wildman–Crippen LogP) is 5.18. The first-order valence-corrected chi connectivity index (χ1v) is 9.62. The highest BCUT2D eigenvalue weighted by Gasteiger charge is 2.32. The van der Waals surface area contributed by atoms with Gasteiger partial charge in [0.1, 0.15) is 0 Å². The van der Waals surface area contributed by atoms with Gasteiger partial charge in [-0.15, -0.1) is 0 Å². The molecule has 5 rings (SSSR count). The average Bonchev–Trinajstić information content (AvgIpc) is 3.01. The van der Waals surface area contributed by atoms with Gasteiger partial charge in [0.05, 0.1) is 11.1 Å². The molecule has 0 aliphatic carbocycles. The van der Waals surface area contributed by atoms with Gasteiger partial charge in [0.2, 0.25) is 0 Å². The van der Waals surface area contributed by atoms with Gasteiger partial charge in [-0.05, 0) is 69.8 Å². The highest BCUT2D eigenvalue weighted by molar-refractivity contribution is 6.49. The van der Waals surface area contributed by atoms with E-state index in [-0.39, 0.29) is 11.8 Å². The second-order valence-electron chi connectivity index (χ2n) is 7.56. The van der Waals surface area contributed by atoms with Crippen LogP contribution in [0.1, 0.15) is 22.3 Å². The van der Waals surface area contributed by atoms with E-state index in [1.807, 2.05) is 74.5 Å². The molecule has 0 bridgehead atoms. The number of rotatable bonds is 2. The molecule has 0 fully saturated rings. The first-order chi connectivity index (χ1) is 14.0. The SMILES string of the molecule is Cc1cc(C2=C(c3cc(C)c4ccccc4c3)C(=O)NC2=O)cc2ccccc12. The van der Waals surface area contributed by atoms with Crippen LogP contribution >= 0.6 is 0 Å². The minimum absolute atomic E-state index is 0.342. The number of carbonyl (C=O) groups excluding carboxylic acids is 2. The van der Waals surface area contributed by atoms with Gasteiger partial charge >= 0.3 is 0 Å². The van der Waals surface area contributed by atoms with Crippen LogP contribution in [0.15, 0.2) is 72.8 Å². The average molecular weight is 377 g/mol. The number of aryl methyl sites for hydroxylation is 2. The van der Waals surface area contributed by atoms with Gasteiger partial charge in [0.15, 0.2) is 0 Å². The molecule has 3 nitrogen and oxygen atoms in total. The van der Waals surface area contributed by atoms with Crippen molar-refractivity contribution in [1.29, 1.82) is 0 Å². The summed E-state index contributed by atoms with van der Waals surface area (Å²) in [7, 11) is 0. The lowest BCUT2D eigenvalue weighted by Crippen LogP contribution is -2.22. The van der Waals surface area contributed by atoms with Crippen molar-refractivity contribution >= 4 is 44.5 Å². The van der Waals surface area contributed by atoms with Crippen molar-refractivity contribution in [1.82, 2.24) is 5.32 Å². The maximum absolute atomic E-state index is 12.8. The molecule has 0 radical (unpaired) electrons. The van der Waals surface area contributed by atoms with Crippen molar-refractivity contribution in [3.8, 4) is 0 Å². The van der Waals surface area contributed by atoms with E-state index in [2.05, 4.69) is 17.4 Å². The highest BCUT2D eigenvalue weighted by Crippen LogP contribution is 2.35. The van der Waals surface area contributed by atoms with Crippen molar-refractivity contribution in [2.45, 2.75) is 13.8 Å². The standard InChI is InChI=1S/C26H19NO2/c1-15-11-19(13-17-7-3-5-9-21(15)17)23-24(26(29)27-25(23)28)20-12-16(2)22-10-6-4-8-18(22)14-20/h3-14H,1-2H3,(H,27,28,29). The lowest BCUT2D eigenvalue weighted by atomic mass is 9.91. The van der Waals surface area contributed by atoms with E-state index < -0.39 is 0 Å².